The van der Waals surface area contributed by atoms with Gasteiger partial charge in [-0.1, -0.05) is 0 Å². The third kappa shape index (κ3) is 3.75. The molecule has 1 amide bonds. The number of halogens is 3. The molecule has 0 aromatic heterocycles. The first-order valence-corrected chi connectivity index (χ1v) is 6.45. The van der Waals surface area contributed by atoms with Crippen molar-refractivity contribution in [2.24, 2.45) is 0 Å². The van der Waals surface area contributed by atoms with Gasteiger partial charge in [0, 0.05) is 30.4 Å². The van der Waals surface area contributed by atoms with Crippen molar-refractivity contribution < 1.29 is 13.9 Å². The molecule has 0 N–H and O–H groups in total. The topological polar surface area (TPSA) is 29.5 Å². The highest BCUT2D eigenvalue weighted by Crippen LogP contribution is 2.18. The molecule has 1 rings (SSSR count). The van der Waals surface area contributed by atoms with E-state index in [1.807, 2.05) is 0 Å². The lowest BCUT2D eigenvalue weighted by Gasteiger charge is -2.20. The molecular weight excluding hydrogens is 280 g/mol. The van der Waals surface area contributed by atoms with Crippen molar-refractivity contribution in [3.05, 3.63) is 29.6 Å². The summed E-state index contributed by atoms with van der Waals surface area (Å²) in [5, 5.41) is 0. The van der Waals surface area contributed by atoms with Crippen LogP contribution in [0, 0.1) is 5.82 Å². The van der Waals surface area contributed by atoms with Gasteiger partial charge in [0.25, 0.3) is 5.91 Å². The maximum absolute atomic E-state index is 13.5. The average molecular weight is 294 g/mol. The fourth-order valence-corrected chi connectivity index (χ4v) is 1.91. The smallest absolute Gasteiger partial charge is 0.254 e. The normalized spacial score (nSPS) is 10.2. The van der Waals surface area contributed by atoms with Crippen molar-refractivity contribution in [3.63, 3.8) is 0 Å². The van der Waals surface area contributed by atoms with Gasteiger partial charge in [0.2, 0.25) is 0 Å². The molecular formula is C12H14Cl2FNO2. The predicted octanol–water partition coefficient (Wildman–Crippen LogP) is 2.75. The molecule has 0 aliphatic heterocycles. The van der Waals surface area contributed by atoms with Crippen LogP contribution in [0.1, 0.15) is 10.4 Å². The molecule has 0 heterocycles. The Bertz CT molecular complexity index is 409. The van der Waals surface area contributed by atoms with Crippen LogP contribution >= 0.6 is 23.2 Å². The van der Waals surface area contributed by atoms with Crippen LogP contribution in [-0.4, -0.2) is 42.8 Å². The standard InChI is InChI=1S/C12H14Cl2FNO2/c1-18-11-3-2-9(8-10(11)15)12(17)16(6-4-13)7-5-14/h2-3,8H,4-7H2,1H3. The first-order chi connectivity index (χ1) is 8.63. The second-order valence-corrected chi connectivity index (χ2v) is 4.28. The molecule has 1 aromatic carbocycles. The van der Waals surface area contributed by atoms with Crippen LogP contribution in [0.15, 0.2) is 18.2 Å². The quantitative estimate of drug-likeness (QED) is 0.755. The summed E-state index contributed by atoms with van der Waals surface area (Å²) in [7, 11) is 1.37. The van der Waals surface area contributed by atoms with Gasteiger partial charge in [-0.2, -0.15) is 0 Å². The number of benzene rings is 1. The van der Waals surface area contributed by atoms with Crippen LogP contribution < -0.4 is 4.74 Å². The third-order valence-electron chi connectivity index (χ3n) is 2.39. The molecule has 1 aromatic rings. The van der Waals surface area contributed by atoms with Crippen molar-refractivity contribution in [2.45, 2.75) is 0 Å². The van der Waals surface area contributed by atoms with Crippen LogP contribution in [0.5, 0.6) is 5.75 Å². The molecule has 0 saturated carbocycles. The van der Waals surface area contributed by atoms with Crippen LogP contribution in [0.3, 0.4) is 0 Å². The maximum Gasteiger partial charge on any atom is 0.254 e. The Morgan fingerprint density at radius 1 is 1.33 bits per heavy atom. The predicted molar refractivity (Wildman–Crippen MR) is 70.3 cm³/mol. The van der Waals surface area contributed by atoms with Gasteiger partial charge in [-0.05, 0) is 18.2 Å². The SMILES string of the molecule is COc1ccc(C(=O)N(CCCl)CCCl)cc1F. The summed E-state index contributed by atoms with van der Waals surface area (Å²) in [6.07, 6.45) is 0. The van der Waals surface area contributed by atoms with Crippen molar-refractivity contribution in [1.29, 1.82) is 0 Å². The molecule has 3 nitrogen and oxygen atoms in total. The Labute approximate surface area is 115 Å². The Morgan fingerprint density at radius 2 is 1.94 bits per heavy atom. The molecule has 0 aliphatic carbocycles. The van der Waals surface area contributed by atoms with E-state index >= 15 is 0 Å². The molecule has 0 aliphatic rings. The number of rotatable bonds is 6. The van der Waals surface area contributed by atoms with E-state index in [0.29, 0.717) is 24.8 Å². The lowest BCUT2D eigenvalue weighted by atomic mass is 10.2. The van der Waals surface area contributed by atoms with Gasteiger partial charge in [-0.15, -0.1) is 23.2 Å². The fraction of sp³-hybridized carbons (Fsp3) is 0.417. The van der Waals surface area contributed by atoms with E-state index < -0.39 is 5.82 Å². The zero-order chi connectivity index (χ0) is 13.5. The maximum atomic E-state index is 13.5. The number of hydrogen-bond acceptors (Lipinski definition) is 2. The summed E-state index contributed by atoms with van der Waals surface area (Å²) in [4.78, 5) is 13.6. The summed E-state index contributed by atoms with van der Waals surface area (Å²) >= 11 is 11.2. The minimum atomic E-state index is -0.569. The number of amides is 1. The highest BCUT2D eigenvalue weighted by atomic mass is 35.5. The molecule has 18 heavy (non-hydrogen) atoms. The van der Waals surface area contributed by atoms with Crippen LogP contribution in [0.4, 0.5) is 4.39 Å². The van der Waals surface area contributed by atoms with Crippen LogP contribution in [0.2, 0.25) is 0 Å². The fourth-order valence-electron chi connectivity index (χ4n) is 1.50. The van der Waals surface area contributed by atoms with Crippen LogP contribution in [0.25, 0.3) is 0 Å². The zero-order valence-electron chi connectivity index (χ0n) is 9.96. The first-order valence-electron chi connectivity index (χ1n) is 5.38. The molecule has 0 radical (unpaired) electrons. The highest BCUT2D eigenvalue weighted by molar-refractivity contribution is 6.18. The summed E-state index contributed by atoms with van der Waals surface area (Å²) in [5.74, 6) is -0.145. The van der Waals surface area contributed by atoms with Gasteiger partial charge < -0.3 is 9.64 Å². The lowest BCUT2D eigenvalue weighted by molar-refractivity contribution is 0.0774. The van der Waals surface area contributed by atoms with E-state index in [2.05, 4.69) is 0 Å². The van der Waals surface area contributed by atoms with Gasteiger partial charge in [0.05, 0.1) is 7.11 Å². The minimum Gasteiger partial charge on any atom is -0.494 e. The second kappa shape index (κ2) is 7.44. The van der Waals surface area contributed by atoms with Gasteiger partial charge in [-0.3, -0.25) is 4.79 Å². The van der Waals surface area contributed by atoms with Crippen molar-refractivity contribution >= 4 is 29.1 Å². The van der Waals surface area contributed by atoms with Gasteiger partial charge in [-0.25, -0.2) is 4.39 Å². The average Bonchev–Trinajstić information content (AvgIpc) is 2.37. The van der Waals surface area contributed by atoms with Crippen molar-refractivity contribution in [1.82, 2.24) is 4.90 Å². The number of nitrogens with zero attached hydrogens (tertiary/aromatic N) is 1. The summed E-state index contributed by atoms with van der Waals surface area (Å²) in [6.45, 7) is 0.752. The lowest BCUT2D eigenvalue weighted by Crippen LogP contribution is -2.34. The molecule has 6 heteroatoms. The first kappa shape index (κ1) is 15.1. The van der Waals surface area contributed by atoms with E-state index in [1.165, 1.54) is 24.1 Å². The molecule has 0 atom stereocenters. The van der Waals surface area contributed by atoms with Crippen molar-refractivity contribution in [3.8, 4) is 5.75 Å². The number of methoxy groups -OCH3 is 1. The number of ether oxygens (including phenoxy) is 1. The number of hydrogen-bond donors (Lipinski definition) is 0. The van der Waals surface area contributed by atoms with E-state index in [9.17, 15) is 9.18 Å². The Kier molecular flexibility index (Phi) is 6.22. The van der Waals surface area contributed by atoms with Gasteiger partial charge in [0.15, 0.2) is 11.6 Å². The number of carbonyl (C=O) groups is 1. The van der Waals surface area contributed by atoms with E-state index in [1.54, 1.807) is 0 Å². The minimum absolute atomic E-state index is 0.104. The largest absolute Gasteiger partial charge is 0.494 e. The summed E-state index contributed by atoms with van der Waals surface area (Å²) in [5.41, 5.74) is 0.253. The summed E-state index contributed by atoms with van der Waals surface area (Å²) in [6, 6.07) is 4.08. The van der Waals surface area contributed by atoms with Gasteiger partial charge >= 0.3 is 0 Å². The third-order valence-corrected chi connectivity index (χ3v) is 2.73. The molecule has 0 bridgehead atoms. The molecule has 0 saturated heterocycles. The second-order valence-electron chi connectivity index (χ2n) is 3.52. The molecule has 0 spiro atoms. The molecule has 0 unspecified atom stereocenters. The summed E-state index contributed by atoms with van der Waals surface area (Å²) < 4.78 is 18.3. The van der Waals surface area contributed by atoms with Gasteiger partial charge in [0.1, 0.15) is 0 Å². The van der Waals surface area contributed by atoms with E-state index in [4.69, 9.17) is 27.9 Å². The van der Waals surface area contributed by atoms with E-state index in [0.717, 1.165) is 6.07 Å². The van der Waals surface area contributed by atoms with E-state index in [-0.39, 0.29) is 17.2 Å². The Hall–Kier alpha value is -1.00. The Balaban J connectivity index is 2.90. The Morgan fingerprint density at radius 3 is 2.39 bits per heavy atom. The number of carbonyl (C=O) groups excluding carboxylic acids is 1. The molecule has 100 valence electrons. The highest BCUT2D eigenvalue weighted by Gasteiger charge is 2.16. The van der Waals surface area contributed by atoms with Crippen molar-refractivity contribution in [2.75, 3.05) is 32.0 Å². The zero-order valence-corrected chi connectivity index (χ0v) is 11.5. The molecule has 0 fully saturated rings. The monoisotopic (exact) mass is 293 g/mol. The van der Waals surface area contributed by atoms with Crippen LogP contribution in [-0.2, 0) is 0 Å². The number of alkyl halides is 2.